The summed E-state index contributed by atoms with van der Waals surface area (Å²) in [5.74, 6) is 0.549. The second-order valence-electron chi connectivity index (χ2n) is 5.69. The van der Waals surface area contributed by atoms with Gasteiger partial charge in [0.05, 0.1) is 25.9 Å². The summed E-state index contributed by atoms with van der Waals surface area (Å²) in [7, 11) is 0. The SMILES string of the molecule is Cc1ccc(-c2nnn(C[C@H](O)COCc3ccccc3)n2)cc1. The molecule has 0 amide bonds. The van der Waals surface area contributed by atoms with Crippen molar-refractivity contribution in [3.8, 4) is 11.4 Å². The number of rotatable bonds is 7. The maximum absolute atomic E-state index is 10.0. The Morgan fingerprint density at radius 1 is 1.08 bits per heavy atom. The molecule has 124 valence electrons. The summed E-state index contributed by atoms with van der Waals surface area (Å²) in [6.07, 6.45) is -0.686. The minimum atomic E-state index is -0.686. The zero-order chi connectivity index (χ0) is 16.8. The van der Waals surface area contributed by atoms with Crippen LogP contribution in [0.1, 0.15) is 11.1 Å². The second-order valence-corrected chi connectivity index (χ2v) is 5.69. The fraction of sp³-hybridized carbons (Fsp3) is 0.278. The molecule has 0 bridgehead atoms. The molecule has 1 aromatic heterocycles. The van der Waals surface area contributed by atoms with Crippen molar-refractivity contribution in [2.45, 2.75) is 26.2 Å². The number of aromatic nitrogens is 4. The van der Waals surface area contributed by atoms with Crippen LogP contribution in [0, 0.1) is 6.92 Å². The number of aryl methyl sites for hydroxylation is 1. The molecule has 1 heterocycles. The number of hydrogen-bond acceptors (Lipinski definition) is 5. The Hall–Kier alpha value is -2.57. The first kappa shape index (κ1) is 16.3. The third-order valence-electron chi connectivity index (χ3n) is 3.56. The molecular weight excluding hydrogens is 304 g/mol. The number of aliphatic hydroxyl groups is 1. The van der Waals surface area contributed by atoms with E-state index in [1.54, 1.807) is 0 Å². The Kier molecular flexibility index (Phi) is 5.30. The molecule has 0 aliphatic rings. The average Bonchev–Trinajstić information content (AvgIpc) is 3.05. The van der Waals surface area contributed by atoms with Crippen LogP contribution in [-0.2, 0) is 17.9 Å². The molecule has 0 saturated heterocycles. The van der Waals surface area contributed by atoms with Crippen molar-refractivity contribution in [2.75, 3.05) is 6.61 Å². The van der Waals surface area contributed by atoms with E-state index < -0.39 is 6.10 Å². The standard InChI is InChI=1S/C18H20N4O2/c1-14-7-9-16(10-8-14)18-19-21-22(20-18)11-17(23)13-24-12-15-5-3-2-4-6-15/h2-10,17,23H,11-13H2,1H3/t17-/m0/s1. The minimum Gasteiger partial charge on any atom is -0.389 e. The Morgan fingerprint density at radius 3 is 2.58 bits per heavy atom. The van der Waals surface area contributed by atoms with Crippen LogP contribution in [0.2, 0.25) is 0 Å². The lowest BCUT2D eigenvalue weighted by Crippen LogP contribution is -2.23. The van der Waals surface area contributed by atoms with Gasteiger partial charge in [-0.2, -0.15) is 4.80 Å². The summed E-state index contributed by atoms with van der Waals surface area (Å²) in [6.45, 7) is 2.96. The van der Waals surface area contributed by atoms with Crippen LogP contribution in [0.25, 0.3) is 11.4 Å². The zero-order valence-corrected chi connectivity index (χ0v) is 13.5. The molecule has 2 aromatic carbocycles. The van der Waals surface area contributed by atoms with E-state index in [9.17, 15) is 5.11 Å². The molecule has 3 aromatic rings. The van der Waals surface area contributed by atoms with Gasteiger partial charge in [-0.05, 0) is 17.7 Å². The first-order valence-electron chi connectivity index (χ1n) is 7.85. The van der Waals surface area contributed by atoms with Crippen molar-refractivity contribution in [2.24, 2.45) is 0 Å². The van der Waals surface area contributed by atoms with Gasteiger partial charge in [-0.25, -0.2) is 0 Å². The Balaban J connectivity index is 1.50. The van der Waals surface area contributed by atoms with Gasteiger partial charge in [0.1, 0.15) is 0 Å². The first-order chi connectivity index (χ1) is 11.7. The fourth-order valence-electron chi connectivity index (χ4n) is 2.27. The molecule has 0 spiro atoms. The molecule has 6 heteroatoms. The van der Waals surface area contributed by atoms with Gasteiger partial charge >= 0.3 is 0 Å². The molecule has 0 aliphatic heterocycles. The summed E-state index contributed by atoms with van der Waals surface area (Å²) >= 11 is 0. The summed E-state index contributed by atoms with van der Waals surface area (Å²) < 4.78 is 5.52. The number of tetrazole rings is 1. The van der Waals surface area contributed by atoms with E-state index in [1.807, 2.05) is 61.5 Å². The minimum absolute atomic E-state index is 0.219. The number of benzene rings is 2. The summed E-state index contributed by atoms with van der Waals surface area (Å²) in [6, 6.07) is 17.8. The van der Waals surface area contributed by atoms with Crippen LogP contribution in [0.5, 0.6) is 0 Å². The van der Waals surface area contributed by atoms with Crippen LogP contribution < -0.4 is 0 Å². The third-order valence-corrected chi connectivity index (χ3v) is 3.56. The van der Waals surface area contributed by atoms with Crippen molar-refractivity contribution >= 4 is 0 Å². The van der Waals surface area contributed by atoms with Crippen LogP contribution in [-0.4, -0.2) is 38.0 Å². The fourth-order valence-corrected chi connectivity index (χ4v) is 2.27. The molecule has 24 heavy (non-hydrogen) atoms. The highest BCUT2D eigenvalue weighted by Crippen LogP contribution is 2.14. The van der Waals surface area contributed by atoms with Gasteiger partial charge in [0.25, 0.3) is 0 Å². The van der Waals surface area contributed by atoms with E-state index in [4.69, 9.17) is 4.74 Å². The van der Waals surface area contributed by atoms with E-state index in [0.29, 0.717) is 12.4 Å². The normalized spacial score (nSPS) is 12.2. The van der Waals surface area contributed by atoms with Crippen LogP contribution in [0.4, 0.5) is 0 Å². The topological polar surface area (TPSA) is 73.1 Å². The van der Waals surface area contributed by atoms with Gasteiger partial charge in [0.15, 0.2) is 0 Å². The Bertz CT molecular complexity index is 756. The van der Waals surface area contributed by atoms with Gasteiger partial charge in [0, 0.05) is 5.56 Å². The number of hydrogen-bond donors (Lipinski definition) is 1. The molecule has 0 aliphatic carbocycles. The van der Waals surface area contributed by atoms with Gasteiger partial charge in [-0.1, -0.05) is 60.2 Å². The molecule has 1 atom stereocenters. The summed E-state index contributed by atoms with van der Waals surface area (Å²) in [4.78, 5) is 1.39. The van der Waals surface area contributed by atoms with Crippen molar-refractivity contribution in [3.63, 3.8) is 0 Å². The van der Waals surface area contributed by atoms with Gasteiger partial charge < -0.3 is 9.84 Å². The highest BCUT2D eigenvalue weighted by molar-refractivity contribution is 5.53. The quantitative estimate of drug-likeness (QED) is 0.721. The molecule has 0 saturated carbocycles. The van der Waals surface area contributed by atoms with E-state index in [1.165, 1.54) is 10.4 Å². The maximum Gasteiger partial charge on any atom is 0.204 e. The smallest absolute Gasteiger partial charge is 0.204 e. The lowest BCUT2D eigenvalue weighted by molar-refractivity contribution is 0.0165. The van der Waals surface area contributed by atoms with Crippen molar-refractivity contribution in [1.82, 2.24) is 20.2 Å². The second kappa shape index (κ2) is 7.81. The molecule has 0 unspecified atom stereocenters. The van der Waals surface area contributed by atoms with E-state index in [2.05, 4.69) is 15.4 Å². The maximum atomic E-state index is 10.0. The Morgan fingerprint density at radius 2 is 1.83 bits per heavy atom. The van der Waals surface area contributed by atoms with Gasteiger partial charge in [0.2, 0.25) is 5.82 Å². The lowest BCUT2D eigenvalue weighted by atomic mass is 10.1. The number of ether oxygens (including phenoxy) is 1. The number of nitrogens with zero attached hydrogens (tertiary/aromatic N) is 4. The highest BCUT2D eigenvalue weighted by Gasteiger charge is 2.10. The van der Waals surface area contributed by atoms with E-state index >= 15 is 0 Å². The molecule has 6 nitrogen and oxygen atoms in total. The average molecular weight is 324 g/mol. The molecule has 0 radical (unpaired) electrons. The summed E-state index contributed by atoms with van der Waals surface area (Å²) in [5.41, 5.74) is 3.16. The van der Waals surface area contributed by atoms with E-state index in [-0.39, 0.29) is 13.2 Å². The van der Waals surface area contributed by atoms with Crippen molar-refractivity contribution in [1.29, 1.82) is 0 Å². The molecular formula is C18H20N4O2. The Labute approximate surface area is 140 Å². The third kappa shape index (κ3) is 4.47. The predicted molar refractivity (Wildman–Crippen MR) is 90.1 cm³/mol. The van der Waals surface area contributed by atoms with Gasteiger partial charge in [-0.3, -0.25) is 0 Å². The van der Waals surface area contributed by atoms with Crippen molar-refractivity contribution in [3.05, 3.63) is 65.7 Å². The molecule has 1 N–H and O–H groups in total. The lowest BCUT2D eigenvalue weighted by Gasteiger charge is -2.10. The highest BCUT2D eigenvalue weighted by atomic mass is 16.5. The monoisotopic (exact) mass is 324 g/mol. The predicted octanol–water partition coefficient (Wildman–Crippen LogP) is 2.23. The van der Waals surface area contributed by atoms with Crippen LogP contribution >= 0.6 is 0 Å². The molecule has 3 rings (SSSR count). The van der Waals surface area contributed by atoms with Crippen LogP contribution in [0.15, 0.2) is 54.6 Å². The van der Waals surface area contributed by atoms with E-state index in [0.717, 1.165) is 11.1 Å². The van der Waals surface area contributed by atoms with Gasteiger partial charge in [-0.15, -0.1) is 10.2 Å². The van der Waals surface area contributed by atoms with Crippen molar-refractivity contribution < 1.29 is 9.84 Å². The first-order valence-corrected chi connectivity index (χ1v) is 7.85. The summed E-state index contributed by atoms with van der Waals surface area (Å²) in [5, 5.41) is 22.3. The number of aliphatic hydroxyl groups excluding tert-OH is 1. The largest absolute Gasteiger partial charge is 0.389 e. The van der Waals surface area contributed by atoms with Crippen LogP contribution in [0.3, 0.4) is 0 Å². The molecule has 0 fully saturated rings. The zero-order valence-electron chi connectivity index (χ0n) is 13.5.